The molecule has 0 aliphatic carbocycles. The van der Waals surface area contributed by atoms with Crippen LogP contribution in [0.4, 0.5) is 5.69 Å². The zero-order chi connectivity index (χ0) is 11.0. The van der Waals surface area contributed by atoms with Gasteiger partial charge in [-0.1, -0.05) is 13.8 Å². The van der Waals surface area contributed by atoms with Crippen LogP contribution in [0.15, 0.2) is 12.7 Å². The summed E-state index contributed by atoms with van der Waals surface area (Å²) in [7, 11) is 1.85. The largest absolute Gasteiger partial charge is 0.394 e. The Balaban J connectivity index is 2.58. The van der Waals surface area contributed by atoms with Gasteiger partial charge in [-0.2, -0.15) is 10.2 Å². The van der Waals surface area contributed by atoms with Gasteiger partial charge < -0.3 is 5.73 Å². The molecule has 6 heteroatoms. The molecule has 0 aliphatic rings. The summed E-state index contributed by atoms with van der Waals surface area (Å²) in [6.07, 6.45) is 3.08. The van der Waals surface area contributed by atoms with Crippen molar-refractivity contribution in [2.24, 2.45) is 7.05 Å². The lowest BCUT2D eigenvalue weighted by atomic mass is 10.1. The predicted molar refractivity (Wildman–Crippen MR) is 56.6 cm³/mol. The van der Waals surface area contributed by atoms with Crippen molar-refractivity contribution in [2.75, 3.05) is 5.73 Å². The smallest absolute Gasteiger partial charge is 0.177 e. The minimum absolute atomic E-state index is 0.300. The lowest BCUT2D eigenvalue weighted by molar-refractivity contribution is 0.675. The Hall–Kier alpha value is -1.85. The van der Waals surface area contributed by atoms with Gasteiger partial charge in [-0.25, -0.2) is 14.3 Å². The van der Waals surface area contributed by atoms with Crippen LogP contribution in [-0.4, -0.2) is 24.5 Å². The minimum Gasteiger partial charge on any atom is -0.394 e. The number of nitrogen functional groups attached to an aromatic ring is 1. The summed E-state index contributed by atoms with van der Waals surface area (Å²) in [5, 5.41) is 8.41. The molecule has 0 amide bonds. The van der Waals surface area contributed by atoms with Crippen LogP contribution < -0.4 is 5.73 Å². The van der Waals surface area contributed by atoms with Gasteiger partial charge in [-0.3, -0.25) is 0 Å². The standard InChI is InChI=1S/C9H14N6/c1-6(2)8-7(10)9(14(3)13-8)15-5-11-4-12-15/h4-6H,10H2,1-3H3. The van der Waals surface area contributed by atoms with Gasteiger partial charge in [0.2, 0.25) is 0 Å². The van der Waals surface area contributed by atoms with Gasteiger partial charge in [0.15, 0.2) is 5.82 Å². The van der Waals surface area contributed by atoms with Gasteiger partial charge in [0.25, 0.3) is 0 Å². The highest BCUT2D eigenvalue weighted by atomic mass is 15.4. The van der Waals surface area contributed by atoms with Crippen LogP contribution in [-0.2, 0) is 7.05 Å². The second kappa shape index (κ2) is 3.38. The van der Waals surface area contributed by atoms with Crippen molar-refractivity contribution in [3.05, 3.63) is 18.3 Å². The minimum atomic E-state index is 0.300. The van der Waals surface area contributed by atoms with Crippen molar-refractivity contribution in [1.82, 2.24) is 24.5 Å². The zero-order valence-corrected chi connectivity index (χ0v) is 9.05. The van der Waals surface area contributed by atoms with E-state index in [0.29, 0.717) is 11.6 Å². The summed E-state index contributed by atoms with van der Waals surface area (Å²) in [6, 6.07) is 0. The highest BCUT2D eigenvalue weighted by Gasteiger charge is 2.17. The van der Waals surface area contributed by atoms with E-state index in [0.717, 1.165) is 11.5 Å². The molecule has 15 heavy (non-hydrogen) atoms. The Morgan fingerprint density at radius 1 is 1.40 bits per heavy atom. The average molecular weight is 206 g/mol. The molecule has 0 saturated carbocycles. The quantitative estimate of drug-likeness (QED) is 0.785. The van der Waals surface area contributed by atoms with Crippen molar-refractivity contribution < 1.29 is 0 Å². The highest BCUT2D eigenvalue weighted by Crippen LogP contribution is 2.25. The normalized spacial score (nSPS) is 11.2. The SMILES string of the molecule is CC(C)c1nn(C)c(-n2cncn2)c1N. The van der Waals surface area contributed by atoms with E-state index >= 15 is 0 Å². The average Bonchev–Trinajstić information content (AvgIpc) is 2.73. The Morgan fingerprint density at radius 3 is 2.60 bits per heavy atom. The Kier molecular flexibility index (Phi) is 2.18. The molecule has 0 aliphatic heterocycles. The van der Waals surface area contributed by atoms with Crippen molar-refractivity contribution in [3.8, 4) is 5.82 Å². The number of nitrogens with zero attached hydrogens (tertiary/aromatic N) is 5. The number of nitrogens with two attached hydrogens (primary N) is 1. The van der Waals surface area contributed by atoms with Crippen LogP contribution in [0.25, 0.3) is 5.82 Å². The van der Waals surface area contributed by atoms with Gasteiger partial charge in [-0.05, 0) is 5.92 Å². The first kappa shape index (κ1) is 9.70. The molecule has 2 N–H and O–H groups in total. The predicted octanol–water partition coefficient (Wildman–Crippen LogP) is 0.706. The van der Waals surface area contributed by atoms with E-state index < -0.39 is 0 Å². The first-order valence-electron chi connectivity index (χ1n) is 4.78. The third-order valence-corrected chi connectivity index (χ3v) is 2.26. The molecule has 2 heterocycles. The van der Waals surface area contributed by atoms with Gasteiger partial charge in [0.05, 0.1) is 5.69 Å². The fourth-order valence-corrected chi connectivity index (χ4v) is 1.57. The summed E-state index contributed by atoms with van der Waals surface area (Å²) in [5.74, 6) is 1.06. The molecule has 2 rings (SSSR count). The molecule has 0 saturated heterocycles. The number of rotatable bonds is 2. The number of aryl methyl sites for hydroxylation is 1. The lowest BCUT2D eigenvalue weighted by Gasteiger charge is -2.02. The molecule has 0 radical (unpaired) electrons. The molecule has 0 fully saturated rings. The van der Waals surface area contributed by atoms with Gasteiger partial charge in [0.1, 0.15) is 18.3 Å². The van der Waals surface area contributed by atoms with Crippen LogP contribution in [0.5, 0.6) is 0 Å². The van der Waals surface area contributed by atoms with Crippen molar-refractivity contribution in [2.45, 2.75) is 19.8 Å². The summed E-state index contributed by atoms with van der Waals surface area (Å²) in [4.78, 5) is 3.89. The lowest BCUT2D eigenvalue weighted by Crippen LogP contribution is -2.05. The Bertz CT molecular complexity index is 453. The molecule has 0 bridgehead atoms. The van der Waals surface area contributed by atoms with Crippen molar-refractivity contribution >= 4 is 5.69 Å². The van der Waals surface area contributed by atoms with E-state index in [1.54, 1.807) is 15.7 Å². The van der Waals surface area contributed by atoms with Crippen LogP contribution in [0.2, 0.25) is 0 Å². The zero-order valence-electron chi connectivity index (χ0n) is 9.05. The first-order chi connectivity index (χ1) is 7.11. The maximum Gasteiger partial charge on any atom is 0.177 e. The summed E-state index contributed by atoms with van der Waals surface area (Å²) in [5.41, 5.74) is 7.58. The summed E-state index contributed by atoms with van der Waals surface area (Å²) >= 11 is 0. The van der Waals surface area contributed by atoms with E-state index in [1.807, 2.05) is 7.05 Å². The molecule has 0 spiro atoms. The van der Waals surface area contributed by atoms with E-state index in [2.05, 4.69) is 29.0 Å². The molecule has 80 valence electrons. The van der Waals surface area contributed by atoms with E-state index in [1.165, 1.54) is 6.33 Å². The van der Waals surface area contributed by atoms with Gasteiger partial charge in [-0.15, -0.1) is 0 Å². The maximum atomic E-state index is 6.02. The van der Waals surface area contributed by atoms with E-state index in [-0.39, 0.29) is 0 Å². The number of aromatic nitrogens is 5. The van der Waals surface area contributed by atoms with Crippen molar-refractivity contribution in [3.63, 3.8) is 0 Å². The maximum absolute atomic E-state index is 6.02. The van der Waals surface area contributed by atoms with E-state index in [4.69, 9.17) is 5.73 Å². The van der Waals surface area contributed by atoms with Crippen LogP contribution in [0.1, 0.15) is 25.5 Å². The number of anilines is 1. The van der Waals surface area contributed by atoms with Crippen molar-refractivity contribution in [1.29, 1.82) is 0 Å². The molecular formula is C9H14N6. The molecule has 0 atom stereocenters. The fraction of sp³-hybridized carbons (Fsp3) is 0.444. The Labute approximate surface area is 87.7 Å². The fourth-order valence-electron chi connectivity index (χ4n) is 1.57. The monoisotopic (exact) mass is 206 g/mol. The summed E-state index contributed by atoms with van der Waals surface area (Å²) in [6.45, 7) is 4.12. The highest BCUT2D eigenvalue weighted by molar-refractivity contribution is 5.58. The number of hydrogen-bond donors (Lipinski definition) is 1. The molecule has 0 unspecified atom stereocenters. The second-order valence-corrected chi connectivity index (χ2v) is 3.74. The molecule has 0 aromatic carbocycles. The third-order valence-electron chi connectivity index (χ3n) is 2.26. The third kappa shape index (κ3) is 1.47. The van der Waals surface area contributed by atoms with Crippen LogP contribution in [0, 0.1) is 0 Å². The molecule has 2 aromatic heterocycles. The molecule has 6 nitrogen and oxygen atoms in total. The number of hydrogen-bond acceptors (Lipinski definition) is 4. The summed E-state index contributed by atoms with van der Waals surface area (Å²) < 4.78 is 3.34. The molecule has 2 aromatic rings. The Morgan fingerprint density at radius 2 is 2.13 bits per heavy atom. The first-order valence-corrected chi connectivity index (χ1v) is 4.78. The van der Waals surface area contributed by atoms with E-state index in [9.17, 15) is 0 Å². The van der Waals surface area contributed by atoms with Crippen LogP contribution >= 0.6 is 0 Å². The van der Waals surface area contributed by atoms with Gasteiger partial charge in [0, 0.05) is 7.05 Å². The van der Waals surface area contributed by atoms with Gasteiger partial charge >= 0.3 is 0 Å². The van der Waals surface area contributed by atoms with Crippen LogP contribution in [0.3, 0.4) is 0 Å². The topological polar surface area (TPSA) is 74.5 Å². The molecular weight excluding hydrogens is 192 g/mol. The second-order valence-electron chi connectivity index (χ2n) is 3.74.